The van der Waals surface area contributed by atoms with E-state index in [-0.39, 0.29) is 11.2 Å². The lowest BCUT2D eigenvalue weighted by atomic mass is 10.0. The van der Waals surface area contributed by atoms with Crippen molar-refractivity contribution in [3.8, 4) is 0 Å². The van der Waals surface area contributed by atoms with E-state index in [1.807, 2.05) is 37.4 Å². The van der Waals surface area contributed by atoms with E-state index in [4.69, 9.17) is 0 Å². The number of anilines is 1. The molecule has 1 aliphatic rings. The summed E-state index contributed by atoms with van der Waals surface area (Å²) in [7, 11) is -0.806. The van der Waals surface area contributed by atoms with Crippen molar-refractivity contribution in [2.24, 2.45) is 0 Å². The molecule has 1 aromatic carbocycles. The second-order valence-corrected chi connectivity index (χ2v) is 8.75. The topological polar surface area (TPSA) is 46.2 Å². The van der Waals surface area contributed by atoms with Crippen LogP contribution in [0.2, 0.25) is 0 Å². The predicted octanol–water partition coefficient (Wildman–Crippen LogP) is 3.96. The highest BCUT2D eigenvalue weighted by atomic mass is 32.2. The SMILES string of the molecule is CS[C@@H](C)C(=O)Nc1cccc(C[S@@](=O)C2CCCCC2)c1. The Hall–Kier alpha value is -0.810. The molecule has 5 heteroatoms. The zero-order valence-corrected chi connectivity index (χ0v) is 15.0. The van der Waals surface area contributed by atoms with Gasteiger partial charge in [-0.1, -0.05) is 31.4 Å². The summed E-state index contributed by atoms with van der Waals surface area (Å²) in [6.45, 7) is 1.89. The average Bonchev–Trinajstić information content (AvgIpc) is 2.55. The number of nitrogens with one attached hydrogen (secondary N) is 1. The normalized spacial score (nSPS) is 18.6. The molecule has 1 saturated carbocycles. The molecule has 0 radical (unpaired) electrons. The van der Waals surface area contributed by atoms with Crippen molar-refractivity contribution in [3.05, 3.63) is 29.8 Å². The first kappa shape index (κ1) is 17.5. The Kier molecular flexibility index (Phi) is 6.96. The van der Waals surface area contributed by atoms with E-state index in [0.717, 1.165) is 24.1 Å². The number of amides is 1. The summed E-state index contributed by atoms with van der Waals surface area (Å²) in [6, 6.07) is 7.75. The Bertz CT molecular complexity index is 527. The van der Waals surface area contributed by atoms with Gasteiger partial charge in [0.1, 0.15) is 0 Å². The third-order valence-corrected chi connectivity index (χ3v) is 6.90. The summed E-state index contributed by atoms with van der Waals surface area (Å²) in [5.41, 5.74) is 1.84. The number of benzene rings is 1. The van der Waals surface area contributed by atoms with Gasteiger partial charge < -0.3 is 5.32 Å². The Morgan fingerprint density at radius 2 is 2.09 bits per heavy atom. The van der Waals surface area contributed by atoms with Crippen LogP contribution >= 0.6 is 11.8 Å². The lowest BCUT2D eigenvalue weighted by Crippen LogP contribution is -2.22. The molecule has 22 heavy (non-hydrogen) atoms. The van der Waals surface area contributed by atoms with Gasteiger partial charge in [0.25, 0.3) is 0 Å². The Labute approximate surface area is 140 Å². The van der Waals surface area contributed by atoms with Crippen LogP contribution in [0.1, 0.15) is 44.6 Å². The highest BCUT2D eigenvalue weighted by Gasteiger charge is 2.20. The van der Waals surface area contributed by atoms with Crippen LogP contribution in [0.3, 0.4) is 0 Å². The Balaban J connectivity index is 1.96. The lowest BCUT2D eigenvalue weighted by molar-refractivity contribution is -0.115. The minimum atomic E-state index is -0.806. The Morgan fingerprint density at radius 3 is 2.77 bits per heavy atom. The molecule has 1 fully saturated rings. The van der Waals surface area contributed by atoms with Crippen LogP contribution in [-0.2, 0) is 21.3 Å². The number of rotatable bonds is 6. The molecule has 2 atom stereocenters. The molecule has 0 aromatic heterocycles. The molecule has 1 aliphatic carbocycles. The molecule has 0 aliphatic heterocycles. The quantitative estimate of drug-likeness (QED) is 0.853. The molecule has 1 N–H and O–H groups in total. The molecule has 0 unspecified atom stereocenters. The maximum atomic E-state index is 12.5. The van der Waals surface area contributed by atoms with Gasteiger partial charge in [0, 0.05) is 27.5 Å². The monoisotopic (exact) mass is 339 g/mol. The van der Waals surface area contributed by atoms with Crippen molar-refractivity contribution < 1.29 is 9.00 Å². The maximum absolute atomic E-state index is 12.5. The molecular formula is C17H25NO2S2. The van der Waals surface area contributed by atoms with E-state index in [0.29, 0.717) is 11.0 Å². The standard InChI is InChI=1S/C17H25NO2S2/c1-13(21-2)17(19)18-15-8-6-7-14(11-15)12-22(20)16-9-4-3-5-10-16/h6-8,11,13,16H,3-5,9-10,12H2,1-2H3,(H,18,19)/t13-,22+/m0/s1. The van der Waals surface area contributed by atoms with Crippen LogP contribution in [0.15, 0.2) is 24.3 Å². The number of hydrogen-bond acceptors (Lipinski definition) is 3. The van der Waals surface area contributed by atoms with Crippen molar-refractivity contribution in [2.75, 3.05) is 11.6 Å². The van der Waals surface area contributed by atoms with Gasteiger partial charge in [-0.05, 0) is 43.7 Å². The summed E-state index contributed by atoms with van der Waals surface area (Å²) in [5, 5.41) is 3.21. The van der Waals surface area contributed by atoms with E-state index >= 15 is 0 Å². The molecule has 1 amide bonds. The van der Waals surface area contributed by atoms with Crippen molar-refractivity contribution in [1.82, 2.24) is 0 Å². The lowest BCUT2D eigenvalue weighted by Gasteiger charge is -2.21. The summed E-state index contributed by atoms with van der Waals surface area (Å²) < 4.78 is 12.5. The van der Waals surface area contributed by atoms with Gasteiger partial charge in [-0.2, -0.15) is 11.8 Å². The first-order valence-electron chi connectivity index (χ1n) is 7.90. The number of hydrogen-bond donors (Lipinski definition) is 1. The van der Waals surface area contributed by atoms with E-state index in [1.165, 1.54) is 31.0 Å². The van der Waals surface area contributed by atoms with Gasteiger partial charge in [-0.3, -0.25) is 9.00 Å². The summed E-state index contributed by atoms with van der Waals surface area (Å²) in [6.07, 6.45) is 7.80. The summed E-state index contributed by atoms with van der Waals surface area (Å²) in [5.74, 6) is 0.602. The molecule has 0 bridgehead atoms. The van der Waals surface area contributed by atoms with Crippen LogP contribution in [0.25, 0.3) is 0 Å². The largest absolute Gasteiger partial charge is 0.325 e. The van der Waals surface area contributed by atoms with E-state index < -0.39 is 10.8 Å². The van der Waals surface area contributed by atoms with Crippen molar-refractivity contribution >= 4 is 34.2 Å². The fourth-order valence-electron chi connectivity index (χ4n) is 2.70. The number of thioether (sulfide) groups is 1. The highest BCUT2D eigenvalue weighted by molar-refractivity contribution is 7.99. The zero-order valence-electron chi connectivity index (χ0n) is 13.3. The van der Waals surface area contributed by atoms with E-state index in [2.05, 4.69) is 5.32 Å². The van der Waals surface area contributed by atoms with Gasteiger partial charge in [-0.25, -0.2) is 0 Å². The number of carbonyl (C=O) groups is 1. The van der Waals surface area contributed by atoms with Crippen LogP contribution in [0, 0.1) is 0 Å². The van der Waals surface area contributed by atoms with E-state index in [9.17, 15) is 9.00 Å². The molecule has 2 rings (SSSR count). The van der Waals surface area contributed by atoms with Crippen molar-refractivity contribution in [3.63, 3.8) is 0 Å². The van der Waals surface area contributed by atoms with Gasteiger partial charge in [0.05, 0.1) is 5.25 Å². The molecule has 0 saturated heterocycles. The van der Waals surface area contributed by atoms with Crippen molar-refractivity contribution in [2.45, 2.75) is 55.3 Å². The molecule has 1 aromatic rings. The van der Waals surface area contributed by atoms with E-state index in [1.54, 1.807) is 0 Å². The smallest absolute Gasteiger partial charge is 0.237 e. The minimum absolute atomic E-state index is 0.0121. The third-order valence-electron chi connectivity index (χ3n) is 4.15. The van der Waals surface area contributed by atoms with Gasteiger partial charge in [0.2, 0.25) is 5.91 Å². The highest BCUT2D eigenvalue weighted by Crippen LogP contribution is 2.24. The van der Waals surface area contributed by atoms with Gasteiger partial charge >= 0.3 is 0 Å². The molecule has 3 nitrogen and oxygen atoms in total. The molecule has 0 spiro atoms. The number of carbonyl (C=O) groups excluding carboxylic acids is 1. The summed E-state index contributed by atoms with van der Waals surface area (Å²) in [4.78, 5) is 11.9. The third kappa shape index (κ3) is 5.13. The fraction of sp³-hybridized carbons (Fsp3) is 0.588. The van der Waals surface area contributed by atoms with Gasteiger partial charge in [0.15, 0.2) is 0 Å². The molecule has 122 valence electrons. The minimum Gasteiger partial charge on any atom is -0.325 e. The molecular weight excluding hydrogens is 314 g/mol. The zero-order chi connectivity index (χ0) is 15.9. The van der Waals surface area contributed by atoms with Crippen LogP contribution in [0.5, 0.6) is 0 Å². The second-order valence-electron chi connectivity index (χ2n) is 5.85. The molecule has 0 heterocycles. The van der Waals surface area contributed by atoms with Gasteiger partial charge in [-0.15, -0.1) is 0 Å². The first-order chi connectivity index (χ1) is 10.6. The van der Waals surface area contributed by atoms with Crippen LogP contribution < -0.4 is 5.32 Å². The second kappa shape index (κ2) is 8.73. The Morgan fingerprint density at radius 1 is 1.36 bits per heavy atom. The van der Waals surface area contributed by atoms with Crippen LogP contribution in [0.4, 0.5) is 5.69 Å². The maximum Gasteiger partial charge on any atom is 0.237 e. The van der Waals surface area contributed by atoms with Crippen molar-refractivity contribution in [1.29, 1.82) is 0 Å². The first-order valence-corrected chi connectivity index (χ1v) is 10.6. The average molecular weight is 340 g/mol. The predicted molar refractivity (Wildman–Crippen MR) is 96.8 cm³/mol. The fourth-order valence-corrected chi connectivity index (χ4v) is 4.58. The summed E-state index contributed by atoms with van der Waals surface area (Å²) >= 11 is 1.53. The van der Waals surface area contributed by atoms with Crippen LogP contribution in [-0.4, -0.2) is 26.9 Å².